The summed E-state index contributed by atoms with van der Waals surface area (Å²) in [5.74, 6) is -0.188. The van der Waals surface area contributed by atoms with Crippen molar-refractivity contribution in [1.29, 1.82) is 0 Å². The van der Waals surface area contributed by atoms with Crippen LogP contribution in [0.1, 0.15) is 10.5 Å². The number of pyridine rings is 1. The molecule has 1 aromatic heterocycles. The number of hydrogen-bond acceptors (Lipinski definition) is 5. The summed E-state index contributed by atoms with van der Waals surface area (Å²) in [7, 11) is 1.26. The highest BCUT2D eigenvalue weighted by Gasteiger charge is 2.13. The van der Waals surface area contributed by atoms with E-state index in [2.05, 4.69) is 9.72 Å². The summed E-state index contributed by atoms with van der Waals surface area (Å²) >= 11 is 11.8. The lowest BCUT2D eigenvalue weighted by Crippen LogP contribution is -2.06. The smallest absolute Gasteiger partial charge is 0.356 e. The maximum atomic E-state index is 11.4. The van der Waals surface area contributed by atoms with Crippen LogP contribution in [0, 0.1) is 0 Å². The first-order valence-electron chi connectivity index (χ1n) is 5.49. The van der Waals surface area contributed by atoms with Crippen molar-refractivity contribution in [3.05, 3.63) is 46.1 Å². The fourth-order valence-electron chi connectivity index (χ4n) is 1.41. The van der Waals surface area contributed by atoms with Gasteiger partial charge < -0.3 is 15.2 Å². The van der Waals surface area contributed by atoms with Crippen molar-refractivity contribution < 1.29 is 14.3 Å². The van der Waals surface area contributed by atoms with Gasteiger partial charge in [0.05, 0.1) is 17.8 Å². The summed E-state index contributed by atoms with van der Waals surface area (Å²) in [6.45, 7) is 0. The number of anilines is 1. The molecule has 0 spiro atoms. The van der Waals surface area contributed by atoms with Gasteiger partial charge in [0.25, 0.3) is 0 Å². The number of hydrogen-bond donors (Lipinski definition) is 1. The lowest BCUT2D eigenvalue weighted by Gasteiger charge is -2.10. The monoisotopic (exact) mass is 312 g/mol. The molecule has 0 aliphatic heterocycles. The molecule has 0 atom stereocenters. The highest BCUT2D eigenvalue weighted by molar-refractivity contribution is 6.35. The van der Waals surface area contributed by atoms with Crippen LogP contribution in [0.2, 0.25) is 10.0 Å². The predicted octanol–water partition coefficient (Wildman–Crippen LogP) is 3.55. The quantitative estimate of drug-likeness (QED) is 0.877. The van der Waals surface area contributed by atoms with Crippen LogP contribution in [-0.4, -0.2) is 18.1 Å². The number of carbonyl (C=O) groups is 1. The Balaban J connectivity index is 2.35. The summed E-state index contributed by atoms with van der Waals surface area (Å²) < 4.78 is 10.1. The van der Waals surface area contributed by atoms with Crippen LogP contribution in [0.25, 0.3) is 0 Å². The van der Waals surface area contributed by atoms with Gasteiger partial charge in [0.15, 0.2) is 5.69 Å². The lowest BCUT2D eigenvalue weighted by molar-refractivity contribution is 0.0593. The number of rotatable bonds is 3. The normalized spacial score (nSPS) is 10.2. The zero-order valence-corrected chi connectivity index (χ0v) is 11.9. The molecule has 104 valence electrons. The van der Waals surface area contributed by atoms with E-state index in [1.807, 2.05) is 0 Å². The van der Waals surface area contributed by atoms with E-state index in [1.165, 1.54) is 25.3 Å². The Morgan fingerprint density at radius 3 is 2.65 bits per heavy atom. The number of nitrogen functional groups attached to an aromatic ring is 1. The first-order valence-corrected chi connectivity index (χ1v) is 6.24. The van der Waals surface area contributed by atoms with Crippen LogP contribution >= 0.6 is 23.2 Å². The summed E-state index contributed by atoms with van der Waals surface area (Å²) in [5.41, 5.74) is 6.10. The Bertz CT molecular complexity index is 662. The SMILES string of the molecule is COC(=O)c1ccc(N)c(Oc2ccc(Cl)cc2Cl)n1. The topological polar surface area (TPSA) is 74.4 Å². The fourth-order valence-corrected chi connectivity index (χ4v) is 1.86. The Hall–Kier alpha value is -1.98. The molecule has 0 fully saturated rings. The van der Waals surface area contributed by atoms with Crippen molar-refractivity contribution in [1.82, 2.24) is 4.98 Å². The van der Waals surface area contributed by atoms with Crippen LogP contribution in [0.5, 0.6) is 11.6 Å². The average Bonchev–Trinajstić information content (AvgIpc) is 2.43. The molecule has 0 bridgehead atoms. The van der Waals surface area contributed by atoms with Gasteiger partial charge in [-0.3, -0.25) is 0 Å². The highest BCUT2D eigenvalue weighted by Crippen LogP contribution is 2.33. The van der Waals surface area contributed by atoms with Gasteiger partial charge in [0.2, 0.25) is 5.88 Å². The molecular weight excluding hydrogens is 303 g/mol. The molecule has 1 heterocycles. The Kier molecular flexibility index (Phi) is 4.32. The van der Waals surface area contributed by atoms with Gasteiger partial charge in [0, 0.05) is 5.02 Å². The Labute approximate surface area is 125 Å². The third kappa shape index (κ3) is 3.12. The molecule has 0 unspecified atom stereocenters. The fraction of sp³-hybridized carbons (Fsp3) is 0.0769. The first-order chi connectivity index (χ1) is 9.51. The van der Waals surface area contributed by atoms with Crippen LogP contribution in [0.3, 0.4) is 0 Å². The molecular formula is C13H10Cl2N2O3. The molecule has 0 saturated heterocycles. The van der Waals surface area contributed by atoms with Gasteiger partial charge >= 0.3 is 5.97 Å². The van der Waals surface area contributed by atoms with E-state index >= 15 is 0 Å². The molecule has 2 rings (SSSR count). The molecule has 5 nitrogen and oxygen atoms in total. The number of benzene rings is 1. The van der Waals surface area contributed by atoms with E-state index in [1.54, 1.807) is 12.1 Å². The molecule has 7 heteroatoms. The number of carbonyl (C=O) groups excluding carboxylic acids is 1. The number of nitrogens with zero attached hydrogens (tertiary/aromatic N) is 1. The van der Waals surface area contributed by atoms with E-state index in [4.69, 9.17) is 33.7 Å². The third-order valence-corrected chi connectivity index (χ3v) is 2.92. The highest BCUT2D eigenvalue weighted by atomic mass is 35.5. The van der Waals surface area contributed by atoms with Crippen LogP contribution in [0.4, 0.5) is 5.69 Å². The maximum absolute atomic E-state index is 11.4. The van der Waals surface area contributed by atoms with E-state index in [0.717, 1.165) is 0 Å². The van der Waals surface area contributed by atoms with Gasteiger partial charge in [-0.05, 0) is 30.3 Å². The Morgan fingerprint density at radius 2 is 2.00 bits per heavy atom. The molecule has 0 aliphatic rings. The zero-order valence-electron chi connectivity index (χ0n) is 10.4. The van der Waals surface area contributed by atoms with E-state index in [-0.39, 0.29) is 17.3 Å². The number of methoxy groups -OCH3 is 1. The summed E-state index contributed by atoms with van der Waals surface area (Å²) in [6.07, 6.45) is 0. The van der Waals surface area contributed by atoms with E-state index in [9.17, 15) is 4.79 Å². The van der Waals surface area contributed by atoms with E-state index in [0.29, 0.717) is 15.8 Å². The minimum Gasteiger partial charge on any atom is -0.464 e. The minimum atomic E-state index is -0.586. The average molecular weight is 313 g/mol. The van der Waals surface area contributed by atoms with Crippen LogP contribution < -0.4 is 10.5 Å². The maximum Gasteiger partial charge on any atom is 0.356 e. The summed E-state index contributed by atoms with van der Waals surface area (Å²) in [4.78, 5) is 15.4. The predicted molar refractivity (Wildman–Crippen MR) is 76.5 cm³/mol. The molecule has 0 amide bonds. The number of nitrogens with two attached hydrogens (primary N) is 1. The molecule has 0 radical (unpaired) electrons. The van der Waals surface area contributed by atoms with Gasteiger partial charge in [-0.15, -0.1) is 0 Å². The number of aromatic nitrogens is 1. The number of esters is 1. The van der Waals surface area contributed by atoms with Crippen molar-refractivity contribution in [3.63, 3.8) is 0 Å². The molecule has 1 aromatic carbocycles. The second kappa shape index (κ2) is 5.98. The second-order valence-corrected chi connectivity index (χ2v) is 4.60. The second-order valence-electron chi connectivity index (χ2n) is 3.76. The molecule has 20 heavy (non-hydrogen) atoms. The largest absolute Gasteiger partial charge is 0.464 e. The minimum absolute atomic E-state index is 0.0668. The molecule has 2 aromatic rings. The van der Waals surface area contributed by atoms with Crippen LogP contribution in [-0.2, 0) is 4.74 Å². The van der Waals surface area contributed by atoms with Gasteiger partial charge in [-0.25, -0.2) is 9.78 Å². The van der Waals surface area contributed by atoms with Gasteiger partial charge in [-0.2, -0.15) is 0 Å². The molecule has 0 saturated carbocycles. The zero-order chi connectivity index (χ0) is 14.7. The van der Waals surface area contributed by atoms with Crippen molar-refractivity contribution in [2.75, 3.05) is 12.8 Å². The van der Waals surface area contributed by atoms with Crippen molar-refractivity contribution in [2.45, 2.75) is 0 Å². The standard InChI is InChI=1S/C13H10Cl2N2O3/c1-19-13(18)10-4-3-9(16)12(17-10)20-11-5-2-7(14)6-8(11)15/h2-6H,16H2,1H3. The first kappa shape index (κ1) is 14.4. The van der Waals surface area contributed by atoms with Gasteiger partial charge in [-0.1, -0.05) is 23.2 Å². The third-order valence-electron chi connectivity index (χ3n) is 2.38. The van der Waals surface area contributed by atoms with Crippen molar-refractivity contribution >= 4 is 34.9 Å². The van der Waals surface area contributed by atoms with Crippen LogP contribution in [0.15, 0.2) is 30.3 Å². The molecule has 0 aliphatic carbocycles. The number of halogens is 2. The summed E-state index contributed by atoms with van der Waals surface area (Å²) in [5, 5.41) is 0.786. The summed E-state index contributed by atoms with van der Waals surface area (Å²) in [6, 6.07) is 7.66. The number of ether oxygens (including phenoxy) is 2. The van der Waals surface area contributed by atoms with Crippen molar-refractivity contribution in [2.24, 2.45) is 0 Å². The molecule has 2 N–H and O–H groups in total. The lowest BCUT2D eigenvalue weighted by atomic mass is 10.3. The Morgan fingerprint density at radius 1 is 1.25 bits per heavy atom. The van der Waals surface area contributed by atoms with Crippen molar-refractivity contribution in [3.8, 4) is 11.6 Å². The van der Waals surface area contributed by atoms with E-state index < -0.39 is 5.97 Å². The van der Waals surface area contributed by atoms with Gasteiger partial charge in [0.1, 0.15) is 5.75 Å².